The lowest BCUT2D eigenvalue weighted by molar-refractivity contribution is -0.384. The van der Waals surface area contributed by atoms with E-state index in [1.165, 1.54) is 12.1 Å². The van der Waals surface area contributed by atoms with E-state index in [9.17, 15) is 14.9 Å². The SMILES string of the molecule is O=C(CC1CCOCC1)Nc1ccc([N+](=O)[O-])cc1. The Bertz CT molecular complexity index is 452. The number of non-ortho nitro benzene ring substituents is 1. The molecule has 0 aromatic heterocycles. The molecule has 0 saturated carbocycles. The van der Waals surface area contributed by atoms with Crippen LogP contribution in [0.1, 0.15) is 19.3 Å². The number of hydrogen-bond donors (Lipinski definition) is 1. The van der Waals surface area contributed by atoms with Crippen LogP contribution in [0.25, 0.3) is 0 Å². The standard InChI is InChI=1S/C13H16N2O4/c16-13(9-10-5-7-19-8-6-10)14-11-1-3-12(4-2-11)15(17)18/h1-4,10H,5-9H2,(H,14,16). The van der Waals surface area contributed by atoms with E-state index in [4.69, 9.17) is 4.74 Å². The Morgan fingerprint density at radius 1 is 1.32 bits per heavy atom. The van der Waals surface area contributed by atoms with Crippen molar-refractivity contribution < 1.29 is 14.5 Å². The summed E-state index contributed by atoms with van der Waals surface area (Å²) in [6, 6.07) is 5.84. The number of hydrogen-bond acceptors (Lipinski definition) is 4. The van der Waals surface area contributed by atoms with Crippen molar-refractivity contribution in [1.82, 2.24) is 0 Å². The molecule has 0 bridgehead atoms. The molecule has 0 aliphatic carbocycles. The number of nitrogens with zero attached hydrogens (tertiary/aromatic N) is 1. The van der Waals surface area contributed by atoms with Crippen LogP contribution < -0.4 is 5.32 Å². The van der Waals surface area contributed by atoms with Crippen molar-refractivity contribution in [2.45, 2.75) is 19.3 Å². The van der Waals surface area contributed by atoms with E-state index in [-0.39, 0.29) is 11.6 Å². The second-order valence-corrected chi connectivity index (χ2v) is 4.61. The van der Waals surface area contributed by atoms with Crippen LogP contribution in [0.15, 0.2) is 24.3 Å². The summed E-state index contributed by atoms with van der Waals surface area (Å²) in [7, 11) is 0. The van der Waals surface area contributed by atoms with Gasteiger partial charge in [0.05, 0.1) is 4.92 Å². The third kappa shape index (κ3) is 4.03. The first-order chi connectivity index (χ1) is 9.15. The van der Waals surface area contributed by atoms with Gasteiger partial charge < -0.3 is 10.1 Å². The third-order valence-corrected chi connectivity index (χ3v) is 3.18. The summed E-state index contributed by atoms with van der Waals surface area (Å²) in [5.74, 6) is 0.313. The van der Waals surface area contributed by atoms with Gasteiger partial charge in [0.25, 0.3) is 5.69 Å². The largest absolute Gasteiger partial charge is 0.381 e. The second kappa shape index (κ2) is 6.29. The second-order valence-electron chi connectivity index (χ2n) is 4.61. The van der Waals surface area contributed by atoms with Gasteiger partial charge in [-0.25, -0.2) is 0 Å². The number of benzene rings is 1. The molecular weight excluding hydrogens is 248 g/mol. The fourth-order valence-electron chi connectivity index (χ4n) is 2.09. The highest BCUT2D eigenvalue weighted by molar-refractivity contribution is 5.90. The van der Waals surface area contributed by atoms with Crippen molar-refractivity contribution >= 4 is 17.3 Å². The maximum atomic E-state index is 11.8. The number of carbonyl (C=O) groups excluding carboxylic acids is 1. The molecule has 1 aromatic carbocycles. The predicted octanol–water partition coefficient (Wildman–Crippen LogP) is 2.35. The van der Waals surface area contributed by atoms with Gasteiger partial charge in [-0.1, -0.05) is 0 Å². The van der Waals surface area contributed by atoms with Crippen molar-refractivity contribution in [3.8, 4) is 0 Å². The maximum Gasteiger partial charge on any atom is 0.269 e. The minimum atomic E-state index is -0.465. The zero-order chi connectivity index (χ0) is 13.7. The number of rotatable bonds is 4. The smallest absolute Gasteiger partial charge is 0.269 e. The number of ether oxygens (including phenoxy) is 1. The highest BCUT2D eigenvalue weighted by Gasteiger charge is 2.17. The van der Waals surface area contributed by atoms with Crippen LogP contribution in [0.2, 0.25) is 0 Å². The van der Waals surface area contributed by atoms with Crippen molar-refractivity contribution in [1.29, 1.82) is 0 Å². The Hall–Kier alpha value is -1.95. The summed E-state index contributed by atoms with van der Waals surface area (Å²) in [5.41, 5.74) is 0.602. The normalized spacial score (nSPS) is 16.0. The van der Waals surface area contributed by atoms with Gasteiger partial charge in [-0.3, -0.25) is 14.9 Å². The molecule has 0 radical (unpaired) electrons. The first-order valence-corrected chi connectivity index (χ1v) is 6.27. The van der Waals surface area contributed by atoms with Crippen molar-refractivity contribution in [2.75, 3.05) is 18.5 Å². The monoisotopic (exact) mass is 264 g/mol. The fourth-order valence-corrected chi connectivity index (χ4v) is 2.09. The molecule has 0 spiro atoms. The zero-order valence-electron chi connectivity index (χ0n) is 10.5. The van der Waals surface area contributed by atoms with E-state index in [0.29, 0.717) is 18.0 Å². The van der Waals surface area contributed by atoms with E-state index in [1.807, 2.05) is 0 Å². The first-order valence-electron chi connectivity index (χ1n) is 6.27. The van der Waals surface area contributed by atoms with Gasteiger partial charge in [-0.2, -0.15) is 0 Å². The molecule has 102 valence electrons. The maximum absolute atomic E-state index is 11.8. The van der Waals surface area contributed by atoms with Crippen LogP contribution in [0.3, 0.4) is 0 Å². The molecule has 1 aliphatic rings. The fraction of sp³-hybridized carbons (Fsp3) is 0.462. The van der Waals surface area contributed by atoms with E-state index < -0.39 is 4.92 Å². The number of carbonyl (C=O) groups is 1. The topological polar surface area (TPSA) is 81.5 Å². The predicted molar refractivity (Wildman–Crippen MR) is 69.9 cm³/mol. The lowest BCUT2D eigenvalue weighted by atomic mass is 9.96. The van der Waals surface area contributed by atoms with E-state index in [0.717, 1.165) is 26.1 Å². The molecule has 1 fully saturated rings. The summed E-state index contributed by atoms with van der Waals surface area (Å²) in [6.07, 6.45) is 2.29. The van der Waals surface area contributed by atoms with Crippen molar-refractivity contribution in [3.05, 3.63) is 34.4 Å². The molecule has 0 atom stereocenters. The molecule has 19 heavy (non-hydrogen) atoms. The Morgan fingerprint density at radius 2 is 1.95 bits per heavy atom. The van der Waals surface area contributed by atoms with Gasteiger partial charge in [0.2, 0.25) is 5.91 Å². The minimum Gasteiger partial charge on any atom is -0.381 e. The van der Waals surface area contributed by atoms with E-state index >= 15 is 0 Å². The lowest BCUT2D eigenvalue weighted by Gasteiger charge is -2.21. The third-order valence-electron chi connectivity index (χ3n) is 3.18. The Morgan fingerprint density at radius 3 is 2.53 bits per heavy atom. The van der Waals surface area contributed by atoms with Crippen LogP contribution in [0.4, 0.5) is 11.4 Å². The van der Waals surface area contributed by atoms with Crippen LogP contribution in [-0.4, -0.2) is 24.0 Å². The van der Waals surface area contributed by atoms with E-state index in [2.05, 4.69) is 5.32 Å². The molecule has 6 nitrogen and oxygen atoms in total. The molecular formula is C13H16N2O4. The number of amides is 1. The zero-order valence-corrected chi connectivity index (χ0v) is 10.5. The molecule has 1 amide bonds. The highest BCUT2D eigenvalue weighted by Crippen LogP contribution is 2.20. The van der Waals surface area contributed by atoms with Crippen LogP contribution >= 0.6 is 0 Å². The molecule has 6 heteroatoms. The number of nitro groups is 1. The van der Waals surface area contributed by atoms with Gasteiger partial charge in [-0.15, -0.1) is 0 Å². The number of nitro benzene ring substituents is 1. The lowest BCUT2D eigenvalue weighted by Crippen LogP contribution is -2.22. The summed E-state index contributed by atoms with van der Waals surface area (Å²) in [5, 5.41) is 13.3. The quantitative estimate of drug-likeness (QED) is 0.668. The molecule has 1 aromatic rings. The van der Waals surface area contributed by atoms with Gasteiger partial charge >= 0.3 is 0 Å². The van der Waals surface area contributed by atoms with Gasteiger partial charge in [0.15, 0.2) is 0 Å². The summed E-state index contributed by atoms with van der Waals surface area (Å²) >= 11 is 0. The Balaban J connectivity index is 1.85. The number of nitrogens with one attached hydrogen (secondary N) is 1. The molecule has 1 N–H and O–H groups in total. The van der Waals surface area contributed by atoms with Crippen LogP contribution in [0, 0.1) is 16.0 Å². The van der Waals surface area contributed by atoms with Gasteiger partial charge in [-0.05, 0) is 30.9 Å². The average Bonchev–Trinajstić information content (AvgIpc) is 2.40. The van der Waals surface area contributed by atoms with Crippen molar-refractivity contribution in [3.63, 3.8) is 0 Å². The highest BCUT2D eigenvalue weighted by atomic mass is 16.6. The Kier molecular flexibility index (Phi) is 4.46. The van der Waals surface area contributed by atoms with Crippen molar-refractivity contribution in [2.24, 2.45) is 5.92 Å². The molecule has 1 saturated heterocycles. The van der Waals surface area contributed by atoms with Crippen LogP contribution in [0.5, 0.6) is 0 Å². The molecule has 1 heterocycles. The molecule has 1 aliphatic heterocycles. The molecule has 2 rings (SSSR count). The van der Waals surface area contributed by atoms with Gasteiger partial charge in [0.1, 0.15) is 0 Å². The summed E-state index contributed by atoms with van der Waals surface area (Å²) in [4.78, 5) is 21.9. The Labute approximate surface area is 110 Å². The summed E-state index contributed by atoms with van der Waals surface area (Å²) < 4.78 is 5.24. The van der Waals surface area contributed by atoms with E-state index in [1.54, 1.807) is 12.1 Å². The average molecular weight is 264 g/mol. The van der Waals surface area contributed by atoms with Gasteiger partial charge in [0, 0.05) is 37.5 Å². The van der Waals surface area contributed by atoms with Crippen LogP contribution in [-0.2, 0) is 9.53 Å². The molecule has 0 unspecified atom stereocenters. The summed E-state index contributed by atoms with van der Waals surface area (Å²) in [6.45, 7) is 1.44. The number of anilines is 1. The first kappa shape index (κ1) is 13.5. The minimum absolute atomic E-state index is 0.0161.